The fourth-order valence-corrected chi connectivity index (χ4v) is 2.83. The molecule has 0 aliphatic heterocycles. The lowest BCUT2D eigenvalue weighted by molar-refractivity contribution is 0.552. The highest BCUT2D eigenvalue weighted by molar-refractivity contribution is 5.81. The van der Waals surface area contributed by atoms with E-state index in [4.69, 9.17) is 14.7 Å². The minimum Gasteiger partial charge on any atom is -0.436 e. The van der Waals surface area contributed by atoms with Crippen LogP contribution in [0.2, 0.25) is 0 Å². The summed E-state index contributed by atoms with van der Waals surface area (Å²) in [5.41, 5.74) is 5.67. The van der Waals surface area contributed by atoms with Crippen molar-refractivity contribution in [2.45, 2.75) is 52.4 Å². The Morgan fingerprint density at radius 2 is 1.56 bits per heavy atom. The Hall–Kier alpha value is -2.60. The predicted octanol–water partition coefficient (Wildman–Crippen LogP) is 5.96. The van der Waals surface area contributed by atoms with Crippen molar-refractivity contribution >= 4 is 11.1 Å². The zero-order valence-corrected chi connectivity index (χ0v) is 15.8. The second kappa shape index (κ2) is 5.74. The molecule has 0 radical (unpaired) electrons. The molecule has 25 heavy (non-hydrogen) atoms. The highest BCUT2D eigenvalue weighted by atomic mass is 16.3. The van der Waals surface area contributed by atoms with Crippen LogP contribution in [-0.2, 0) is 10.8 Å². The van der Waals surface area contributed by atoms with Gasteiger partial charge in [-0.1, -0.05) is 47.6 Å². The molecular weight excluding hydrogens is 308 g/mol. The van der Waals surface area contributed by atoms with Crippen LogP contribution in [0.1, 0.15) is 58.2 Å². The lowest BCUT2D eigenvalue weighted by Gasteiger charge is -2.24. The molecule has 3 heteroatoms. The average Bonchev–Trinajstić information content (AvgIpc) is 2.96. The van der Waals surface area contributed by atoms with E-state index in [1.165, 1.54) is 11.1 Å². The van der Waals surface area contributed by atoms with Gasteiger partial charge in [0.1, 0.15) is 5.52 Å². The zero-order valence-electron chi connectivity index (χ0n) is 15.8. The Morgan fingerprint density at radius 1 is 0.920 bits per heavy atom. The average molecular weight is 332 g/mol. The molecule has 0 saturated heterocycles. The van der Waals surface area contributed by atoms with Crippen LogP contribution in [0.3, 0.4) is 0 Å². The van der Waals surface area contributed by atoms with Crippen molar-refractivity contribution in [2.24, 2.45) is 0 Å². The van der Waals surface area contributed by atoms with Crippen LogP contribution in [0.5, 0.6) is 0 Å². The van der Waals surface area contributed by atoms with Gasteiger partial charge in [0.25, 0.3) is 0 Å². The lowest BCUT2D eigenvalue weighted by Crippen LogP contribution is -2.16. The number of hydrogen-bond donors (Lipinski definition) is 0. The van der Waals surface area contributed by atoms with E-state index in [1.807, 2.05) is 12.1 Å². The van der Waals surface area contributed by atoms with Crippen molar-refractivity contribution in [3.8, 4) is 17.5 Å². The number of nitrogens with zero attached hydrogens (tertiary/aromatic N) is 2. The number of aromatic nitrogens is 1. The maximum absolute atomic E-state index is 8.96. The first-order valence-electron chi connectivity index (χ1n) is 8.56. The summed E-state index contributed by atoms with van der Waals surface area (Å²) in [6.07, 6.45) is 0. The van der Waals surface area contributed by atoms with E-state index in [0.717, 1.165) is 16.7 Å². The Morgan fingerprint density at radius 3 is 2.08 bits per heavy atom. The van der Waals surface area contributed by atoms with Gasteiger partial charge in [-0.25, -0.2) is 4.98 Å². The summed E-state index contributed by atoms with van der Waals surface area (Å²) in [7, 11) is 0. The van der Waals surface area contributed by atoms with E-state index >= 15 is 0 Å². The van der Waals surface area contributed by atoms with Crippen molar-refractivity contribution in [3.05, 3.63) is 53.1 Å². The number of rotatable bonds is 1. The SMILES string of the molecule is CC(C)(C)c1cc(C(C)(C)C)c2oc(-c3ccc(C#N)cc3)nc2c1. The van der Waals surface area contributed by atoms with E-state index in [0.29, 0.717) is 11.5 Å². The van der Waals surface area contributed by atoms with Crippen LogP contribution in [0.4, 0.5) is 0 Å². The standard InChI is InChI=1S/C22H24N2O/c1-21(2,3)16-11-17(22(4,5)6)19-18(12-16)24-20(25-19)15-9-7-14(13-23)8-10-15/h7-12H,1-6H3. The molecule has 2 aromatic carbocycles. The Balaban J connectivity index is 2.23. The van der Waals surface area contributed by atoms with Crippen LogP contribution < -0.4 is 0 Å². The molecule has 0 amide bonds. The molecule has 0 saturated carbocycles. The molecule has 0 aliphatic rings. The maximum atomic E-state index is 8.96. The molecule has 0 atom stereocenters. The van der Waals surface area contributed by atoms with Crippen LogP contribution >= 0.6 is 0 Å². The second-order valence-corrected chi connectivity index (χ2v) is 8.58. The number of oxazole rings is 1. The van der Waals surface area contributed by atoms with Crippen LogP contribution in [0.15, 0.2) is 40.8 Å². The van der Waals surface area contributed by atoms with Gasteiger partial charge in [-0.15, -0.1) is 0 Å². The molecule has 128 valence electrons. The van der Waals surface area contributed by atoms with E-state index in [-0.39, 0.29) is 10.8 Å². The van der Waals surface area contributed by atoms with Crippen molar-refractivity contribution in [2.75, 3.05) is 0 Å². The number of benzene rings is 2. The summed E-state index contributed by atoms with van der Waals surface area (Å²) in [5, 5.41) is 8.96. The van der Waals surface area contributed by atoms with Gasteiger partial charge in [0.05, 0.1) is 11.6 Å². The summed E-state index contributed by atoms with van der Waals surface area (Å²) in [6.45, 7) is 13.2. The molecule has 0 bridgehead atoms. The van der Waals surface area contributed by atoms with E-state index in [2.05, 4.69) is 59.7 Å². The first-order valence-corrected chi connectivity index (χ1v) is 8.56. The van der Waals surface area contributed by atoms with Crippen LogP contribution in [0, 0.1) is 11.3 Å². The van der Waals surface area contributed by atoms with Gasteiger partial charge in [-0.2, -0.15) is 5.26 Å². The minimum atomic E-state index is -0.0407. The zero-order chi connectivity index (χ0) is 18.4. The fourth-order valence-electron chi connectivity index (χ4n) is 2.83. The van der Waals surface area contributed by atoms with Crippen molar-refractivity contribution in [3.63, 3.8) is 0 Å². The quantitative estimate of drug-likeness (QED) is 0.552. The molecular formula is C22H24N2O. The third kappa shape index (κ3) is 3.30. The molecule has 3 rings (SSSR count). The molecule has 3 nitrogen and oxygen atoms in total. The fraction of sp³-hybridized carbons (Fsp3) is 0.364. The summed E-state index contributed by atoms with van der Waals surface area (Å²) in [6, 6.07) is 13.8. The smallest absolute Gasteiger partial charge is 0.227 e. The van der Waals surface area contributed by atoms with Gasteiger partial charge in [0.2, 0.25) is 5.89 Å². The van der Waals surface area contributed by atoms with Crippen molar-refractivity contribution in [1.29, 1.82) is 5.26 Å². The molecule has 3 aromatic rings. The lowest BCUT2D eigenvalue weighted by atomic mass is 9.80. The van der Waals surface area contributed by atoms with Crippen LogP contribution in [-0.4, -0.2) is 4.98 Å². The molecule has 0 unspecified atom stereocenters. The third-order valence-corrected chi connectivity index (χ3v) is 4.43. The normalized spacial score (nSPS) is 12.4. The monoisotopic (exact) mass is 332 g/mol. The number of hydrogen-bond acceptors (Lipinski definition) is 3. The van der Waals surface area contributed by atoms with E-state index < -0.39 is 0 Å². The van der Waals surface area contributed by atoms with Gasteiger partial charge in [-0.05, 0) is 46.7 Å². The second-order valence-electron chi connectivity index (χ2n) is 8.58. The number of fused-ring (bicyclic) bond motifs is 1. The Kier molecular flexibility index (Phi) is 3.95. The molecule has 1 aromatic heterocycles. The van der Waals surface area contributed by atoms with E-state index in [9.17, 15) is 0 Å². The van der Waals surface area contributed by atoms with Gasteiger partial charge in [0, 0.05) is 11.1 Å². The summed E-state index contributed by atoms with van der Waals surface area (Å²) < 4.78 is 6.16. The molecule has 0 spiro atoms. The molecule has 1 heterocycles. The van der Waals surface area contributed by atoms with Crippen LogP contribution in [0.25, 0.3) is 22.6 Å². The summed E-state index contributed by atoms with van der Waals surface area (Å²) in [4.78, 5) is 4.74. The van der Waals surface area contributed by atoms with Crippen molar-refractivity contribution < 1.29 is 4.42 Å². The maximum Gasteiger partial charge on any atom is 0.227 e. The number of nitriles is 1. The summed E-state index contributed by atoms with van der Waals surface area (Å²) in [5.74, 6) is 0.594. The Labute approximate surface area is 149 Å². The molecule has 0 fully saturated rings. The van der Waals surface area contributed by atoms with Gasteiger partial charge in [0.15, 0.2) is 5.58 Å². The first kappa shape index (κ1) is 17.2. The topological polar surface area (TPSA) is 49.8 Å². The minimum absolute atomic E-state index is 0.0407. The van der Waals surface area contributed by atoms with Gasteiger partial charge < -0.3 is 4.42 Å². The molecule has 0 aliphatic carbocycles. The van der Waals surface area contributed by atoms with Gasteiger partial charge >= 0.3 is 0 Å². The molecule has 0 N–H and O–H groups in total. The van der Waals surface area contributed by atoms with Crippen molar-refractivity contribution in [1.82, 2.24) is 4.98 Å². The van der Waals surface area contributed by atoms with Gasteiger partial charge in [-0.3, -0.25) is 0 Å². The Bertz CT molecular complexity index is 959. The predicted molar refractivity (Wildman–Crippen MR) is 102 cm³/mol. The first-order chi connectivity index (χ1) is 11.6. The van der Waals surface area contributed by atoms with E-state index in [1.54, 1.807) is 12.1 Å². The third-order valence-electron chi connectivity index (χ3n) is 4.43. The summed E-state index contributed by atoms with van der Waals surface area (Å²) >= 11 is 0. The highest BCUT2D eigenvalue weighted by Crippen LogP contribution is 2.37. The largest absolute Gasteiger partial charge is 0.436 e. The highest BCUT2D eigenvalue weighted by Gasteiger charge is 2.25.